The summed E-state index contributed by atoms with van der Waals surface area (Å²) in [7, 11) is 0. The highest BCUT2D eigenvalue weighted by Crippen LogP contribution is 2.33. The number of aromatic carboxylic acids is 1. The van der Waals surface area contributed by atoms with Crippen LogP contribution in [0.15, 0.2) is 36.4 Å². The van der Waals surface area contributed by atoms with Gasteiger partial charge in [-0.1, -0.05) is 0 Å². The van der Waals surface area contributed by atoms with E-state index in [2.05, 4.69) is 14.6 Å². The standard InChI is InChI=1S/C25H23F3N4O4/c26-25(27,28)36-15-2-4-19-17(10-15)18-12-31(7-5-20(18)29-19)13-23-30-21-3-1-14(24(33)34)9-22(21)32(23)11-16-6-8-35-16/h1-4,9-10,16,29H,5-8,11-13H2,(H,33,34)/t16-/m0/s1. The molecule has 0 bridgehead atoms. The molecule has 1 atom stereocenters. The first-order chi connectivity index (χ1) is 17.2. The van der Waals surface area contributed by atoms with Crippen LogP contribution in [-0.4, -0.2) is 56.1 Å². The van der Waals surface area contributed by atoms with Crippen molar-refractivity contribution in [2.24, 2.45) is 0 Å². The quantitative estimate of drug-likeness (QED) is 0.406. The Morgan fingerprint density at radius 1 is 1.25 bits per heavy atom. The van der Waals surface area contributed by atoms with Crippen LogP contribution in [0.5, 0.6) is 5.75 Å². The first-order valence-electron chi connectivity index (χ1n) is 11.7. The number of carboxylic acid groups (broad SMARTS) is 1. The summed E-state index contributed by atoms with van der Waals surface area (Å²) in [5.74, 6) is -0.444. The number of aromatic nitrogens is 3. The molecule has 0 amide bonds. The first-order valence-corrected chi connectivity index (χ1v) is 11.7. The number of benzene rings is 2. The number of imidazole rings is 1. The molecule has 36 heavy (non-hydrogen) atoms. The molecule has 0 radical (unpaired) electrons. The molecule has 0 aliphatic carbocycles. The zero-order valence-corrected chi connectivity index (χ0v) is 19.1. The van der Waals surface area contributed by atoms with Gasteiger partial charge in [0, 0.05) is 42.7 Å². The molecular weight excluding hydrogens is 477 g/mol. The van der Waals surface area contributed by atoms with Gasteiger partial charge in [-0.2, -0.15) is 0 Å². The summed E-state index contributed by atoms with van der Waals surface area (Å²) in [6.07, 6.45) is -3.04. The number of nitrogens with zero attached hydrogens (tertiary/aromatic N) is 3. The number of aromatic amines is 1. The molecule has 1 saturated heterocycles. The van der Waals surface area contributed by atoms with Gasteiger partial charge in [0.2, 0.25) is 0 Å². The number of carboxylic acids is 1. The summed E-state index contributed by atoms with van der Waals surface area (Å²) in [5, 5.41) is 10.2. The van der Waals surface area contributed by atoms with Gasteiger partial charge in [0.05, 0.1) is 35.8 Å². The van der Waals surface area contributed by atoms with Gasteiger partial charge >= 0.3 is 12.3 Å². The molecule has 2 aromatic heterocycles. The third-order valence-corrected chi connectivity index (χ3v) is 6.88. The minimum absolute atomic E-state index is 0.0586. The Morgan fingerprint density at radius 3 is 2.81 bits per heavy atom. The van der Waals surface area contributed by atoms with Crippen molar-refractivity contribution in [1.29, 1.82) is 0 Å². The molecule has 11 heteroatoms. The van der Waals surface area contributed by atoms with E-state index in [1.54, 1.807) is 24.3 Å². The van der Waals surface area contributed by atoms with Crippen molar-refractivity contribution in [2.45, 2.75) is 44.9 Å². The molecule has 4 aromatic rings. The minimum atomic E-state index is -4.75. The fraction of sp³-hybridized carbons (Fsp3) is 0.360. The lowest BCUT2D eigenvalue weighted by Crippen LogP contribution is -2.34. The average Bonchev–Trinajstić information content (AvgIpc) is 3.31. The Morgan fingerprint density at radius 2 is 2.08 bits per heavy atom. The van der Waals surface area contributed by atoms with Gasteiger partial charge in [-0.05, 0) is 48.4 Å². The molecule has 0 spiro atoms. The topological polar surface area (TPSA) is 92.6 Å². The summed E-state index contributed by atoms with van der Waals surface area (Å²) >= 11 is 0. The number of rotatable bonds is 6. The van der Waals surface area contributed by atoms with Crippen molar-refractivity contribution in [2.75, 3.05) is 13.2 Å². The smallest absolute Gasteiger partial charge is 0.478 e. The normalized spacial score (nSPS) is 18.4. The van der Waals surface area contributed by atoms with Gasteiger partial charge in [0.25, 0.3) is 0 Å². The highest BCUT2D eigenvalue weighted by Gasteiger charge is 2.32. The van der Waals surface area contributed by atoms with Crippen molar-refractivity contribution in [3.05, 3.63) is 59.0 Å². The van der Waals surface area contributed by atoms with Crippen LogP contribution in [0.2, 0.25) is 0 Å². The van der Waals surface area contributed by atoms with Gasteiger partial charge in [-0.3, -0.25) is 4.90 Å². The van der Waals surface area contributed by atoms with E-state index in [1.807, 2.05) is 4.57 Å². The van der Waals surface area contributed by atoms with Crippen molar-refractivity contribution in [3.8, 4) is 5.75 Å². The monoisotopic (exact) mass is 500 g/mol. The second-order valence-corrected chi connectivity index (χ2v) is 9.23. The SMILES string of the molecule is O=C(O)c1ccc2nc(CN3CCc4[nH]c5ccc(OC(F)(F)F)cc5c4C3)n(C[C@@H]3CCO3)c2c1. The van der Waals surface area contributed by atoms with E-state index in [-0.39, 0.29) is 17.4 Å². The van der Waals surface area contributed by atoms with Crippen molar-refractivity contribution >= 4 is 27.9 Å². The second kappa shape index (κ2) is 8.52. The van der Waals surface area contributed by atoms with E-state index in [1.165, 1.54) is 12.1 Å². The lowest BCUT2D eigenvalue weighted by atomic mass is 10.0. The Balaban J connectivity index is 1.31. The Hall–Kier alpha value is -3.57. The van der Waals surface area contributed by atoms with Gasteiger partial charge in [-0.25, -0.2) is 9.78 Å². The van der Waals surface area contributed by atoms with Crippen LogP contribution in [0.4, 0.5) is 13.2 Å². The molecule has 1 fully saturated rings. The summed E-state index contributed by atoms with van der Waals surface area (Å²) in [6, 6.07) is 9.26. The lowest BCUT2D eigenvalue weighted by Gasteiger charge is -2.29. The molecule has 2 aliphatic rings. The van der Waals surface area contributed by atoms with Gasteiger partial charge in [-0.15, -0.1) is 13.2 Å². The summed E-state index contributed by atoms with van der Waals surface area (Å²) < 4.78 is 50.0. The number of alkyl halides is 3. The number of fused-ring (bicyclic) bond motifs is 4. The summed E-state index contributed by atoms with van der Waals surface area (Å²) in [5.41, 5.74) is 4.39. The van der Waals surface area contributed by atoms with Crippen LogP contribution in [0.1, 0.15) is 33.9 Å². The molecule has 188 valence electrons. The maximum absolute atomic E-state index is 12.7. The molecule has 4 heterocycles. The van der Waals surface area contributed by atoms with Crippen LogP contribution < -0.4 is 4.74 Å². The number of carbonyl (C=O) groups is 1. The van der Waals surface area contributed by atoms with Crippen LogP contribution >= 0.6 is 0 Å². The van der Waals surface area contributed by atoms with Gasteiger partial charge in [0.15, 0.2) is 0 Å². The molecule has 2 N–H and O–H groups in total. The molecule has 2 aromatic carbocycles. The molecule has 2 aliphatic heterocycles. The second-order valence-electron chi connectivity index (χ2n) is 9.23. The van der Waals surface area contributed by atoms with Crippen LogP contribution in [0, 0.1) is 0 Å². The Bertz CT molecular complexity index is 1470. The number of hydrogen-bond donors (Lipinski definition) is 2. The lowest BCUT2D eigenvalue weighted by molar-refractivity contribution is -0.274. The van der Waals surface area contributed by atoms with E-state index in [4.69, 9.17) is 9.72 Å². The largest absolute Gasteiger partial charge is 0.573 e. The molecule has 8 nitrogen and oxygen atoms in total. The van der Waals surface area contributed by atoms with Crippen LogP contribution in [0.25, 0.3) is 21.9 Å². The summed E-state index contributed by atoms with van der Waals surface area (Å²) in [4.78, 5) is 21.9. The molecule has 6 rings (SSSR count). The number of ether oxygens (including phenoxy) is 2. The minimum Gasteiger partial charge on any atom is -0.478 e. The highest BCUT2D eigenvalue weighted by atomic mass is 19.4. The van der Waals surface area contributed by atoms with Gasteiger partial charge < -0.3 is 24.1 Å². The Labute approximate surface area is 203 Å². The van der Waals surface area contributed by atoms with E-state index in [0.717, 1.165) is 41.1 Å². The Kier molecular flexibility index (Phi) is 5.41. The van der Waals surface area contributed by atoms with Crippen LogP contribution in [-0.2, 0) is 30.8 Å². The van der Waals surface area contributed by atoms with Gasteiger partial charge in [0.1, 0.15) is 11.6 Å². The van der Waals surface area contributed by atoms with Crippen molar-refractivity contribution < 1.29 is 32.5 Å². The predicted molar refractivity (Wildman–Crippen MR) is 124 cm³/mol. The molecular formula is C25H23F3N4O4. The number of nitrogens with one attached hydrogen (secondary N) is 1. The molecule has 0 saturated carbocycles. The van der Waals surface area contributed by atoms with Crippen LogP contribution in [0.3, 0.4) is 0 Å². The summed E-state index contributed by atoms with van der Waals surface area (Å²) in [6.45, 7) is 3.08. The predicted octanol–water partition coefficient (Wildman–Crippen LogP) is 4.46. The van der Waals surface area contributed by atoms with E-state index < -0.39 is 12.3 Å². The number of hydrogen-bond acceptors (Lipinski definition) is 5. The van der Waals surface area contributed by atoms with E-state index >= 15 is 0 Å². The first kappa shape index (κ1) is 22.9. The van der Waals surface area contributed by atoms with E-state index in [9.17, 15) is 23.1 Å². The zero-order valence-electron chi connectivity index (χ0n) is 19.1. The highest BCUT2D eigenvalue weighted by molar-refractivity contribution is 5.92. The third-order valence-electron chi connectivity index (χ3n) is 6.88. The molecule has 0 unspecified atom stereocenters. The number of halogens is 3. The number of H-pyrrole nitrogens is 1. The zero-order chi connectivity index (χ0) is 25.0. The van der Waals surface area contributed by atoms with E-state index in [0.29, 0.717) is 43.6 Å². The maximum Gasteiger partial charge on any atom is 0.573 e. The van der Waals surface area contributed by atoms with Crippen molar-refractivity contribution in [1.82, 2.24) is 19.4 Å². The maximum atomic E-state index is 12.7. The van der Waals surface area contributed by atoms with Crippen molar-refractivity contribution in [3.63, 3.8) is 0 Å². The fourth-order valence-corrected chi connectivity index (χ4v) is 5.04. The third kappa shape index (κ3) is 4.28. The average molecular weight is 500 g/mol. The fourth-order valence-electron chi connectivity index (χ4n) is 5.04.